The van der Waals surface area contributed by atoms with Crippen molar-refractivity contribution >= 4 is 31.9 Å². The summed E-state index contributed by atoms with van der Waals surface area (Å²) in [5, 5.41) is 2.64. The van der Waals surface area contributed by atoms with Crippen molar-refractivity contribution in [2.24, 2.45) is 0 Å². The zero-order valence-corrected chi connectivity index (χ0v) is 12.2. The molecule has 1 heterocycles. The number of nitrogens with one attached hydrogen (secondary N) is 1. The second kappa shape index (κ2) is 4.99. The second-order valence-corrected chi connectivity index (χ2v) is 6.84. The monoisotopic (exact) mass is 332 g/mol. The van der Waals surface area contributed by atoms with E-state index in [0.29, 0.717) is 13.1 Å². The summed E-state index contributed by atoms with van der Waals surface area (Å²) in [6.45, 7) is 2.23. The molecule has 18 heavy (non-hydrogen) atoms. The Kier molecular flexibility index (Phi) is 3.74. The van der Waals surface area contributed by atoms with Gasteiger partial charge in [-0.15, -0.1) is 0 Å². The molecule has 98 valence electrons. The zero-order valence-electron chi connectivity index (χ0n) is 9.76. The second-order valence-electron chi connectivity index (χ2n) is 4.04. The molecule has 1 amide bonds. The highest BCUT2D eigenvalue weighted by molar-refractivity contribution is 9.10. The lowest BCUT2D eigenvalue weighted by atomic mass is 10.2. The van der Waals surface area contributed by atoms with Crippen molar-refractivity contribution in [1.29, 1.82) is 0 Å². The Labute approximate surface area is 114 Å². The molecule has 7 heteroatoms. The Morgan fingerprint density at radius 2 is 1.94 bits per heavy atom. The summed E-state index contributed by atoms with van der Waals surface area (Å²) in [5.74, 6) is -0.262. The van der Waals surface area contributed by atoms with Crippen LogP contribution in [0.4, 0.5) is 0 Å². The predicted molar refractivity (Wildman–Crippen MR) is 70.5 cm³/mol. The van der Waals surface area contributed by atoms with Gasteiger partial charge in [0.1, 0.15) is 6.04 Å². The van der Waals surface area contributed by atoms with Gasteiger partial charge < -0.3 is 5.32 Å². The van der Waals surface area contributed by atoms with Gasteiger partial charge in [-0.05, 0) is 31.2 Å². The molecule has 0 bridgehead atoms. The highest BCUT2D eigenvalue weighted by atomic mass is 79.9. The maximum atomic E-state index is 12.4. The standard InChI is InChI=1S/C11H13BrN2O3S/c1-8-11(15)13-6-7-14(8)18(16,17)10-4-2-9(12)3-5-10/h2-5,8H,6-7H2,1H3,(H,13,15). The van der Waals surface area contributed by atoms with Crippen LogP contribution in [0, 0.1) is 0 Å². The third kappa shape index (κ3) is 2.43. The molecule has 0 radical (unpaired) electrons. The maximum absolute atomic E-state index is 12.4. The Morgan fingerprint density at radius 1 is 1.33 bits per heavy atom. The number of amides is 1. The molecule has 1 N–H and O–H groups in total. The third-order valence-corrected chi connectivity index (χ3v) is 5.38. The van der Waals surface area contributed by atoms with E-state index in [2.05, 4.69) is 21.2 Å². The minimum absolute atomic E-state index is 0.201. The predicted octanol–water partition coefficient (Wildman–Crippen LogP) is 0.958. The van der Waals surface area contributed by atoms with E-state index in [1.807, 2.05) is 0 Å². The minimum atomic E-state index is -3.61. The number of carbonyl (C=O) groups excluding carboxylic acids is 1. The van der Waals surface area contributed by atoms with Gasteiger partial charge in [0.25, 0.3) is 0 Å². The van der Waals surface area contributed by atoms with Gasteiger partial charge in [0, 0.05) is 17.6 Å². The summed E-state index contributed by atoms with van der Waals surface area (Å²) >= 11 is 3.26. The smallest absolute Gasteiger partial charge is 0.243 e. The van der Waals surface area contributed by atoms with Gasteiger partial charge in [-0.25, -0.2) is 8.42 Å². The molecule has 1 unspecified atom stereocenters. The van der Waals surface area contributed by atoms with Crippen LogP contribution in [0.3, 0.4) is 0 Å². The Balaban J connectivity index is 2.36. The average Bonchev–Trinajstić information content (AvgIpc) is 2.33. The molecule has 0 saturated carbocycles. The van der Waals surface area contributed by atoms with Crippen LogP contribution in [-0.2, 0) is 14.8 Å². The van der Waals surface area contributed by atoms with Crippen molar-refractivity contribution in [2.75, 3.05) is 13.1 Å². The normalized spacial score (nSPS) is 21.7. The van der Waals surface area contributed by atoms with Crippen LogP contribution in [0.2, 0.25) is 0 Å². The summed E-state index contributed by atoms with van der Waals surface area (Å²) < 4.78 is 26.8. The van der Waals surface area contributed by atoms with Crippen LogP contribution in [0.1, 0.15) is 6.92 Å². The van der Waals surface area contributed by atoms with Gasteiger partial charge in [-0.3, -0.25) is 4.79 Å². The molecule has 0 aliphatic carbocycles. The zero-order chi connectivity index (χ0) is 13.3. The van der Waals surface area contributed by atoms with E-state index in [-0.39, 0.29) is 10.8 Å². The first-order chi connectivity index (χ1) is 8.43. The van der Waals surface area contributed by atoms with Gasteiger partial charge in [-0.1, -0.05) is 15.9 Å². The fraction of sp³-hybridized carbons (Fsp3) is 0.364. The Morgan fingerprint density at radius 3 is 2.56 bits per heavy atom. The number of halogens is 1. The number of hydrogen-bond donors (Lipinski definition) is 1. The van der Waals surface area contributed by atoms with Crippen molar-refractivity contribution in [2.45, 2.75) is 17.9 Å². The molecule has 1 fully saturated rings. The van der Waals surface area contributed by atoms with Crippen LogP contribution >= 0.6 is 15.9 Å². The lowest BCUT2D eigenvalue weighted by Crippen LogP contribution is -2.55. The summed E-state index contributed by atoms with van der Waals surface area (Å²) in [6.07, 6.45) is 0. The van der Waals surface area contributed by atoms with Crippen molar-refractivity contribution in [3.05, 3.63) is 28.7 Å². The Bertz CT molecular complexity index is 556. The van der Waals surface area contributed by atoms with Crippen LogP contribution in [0.5, 0.6) is 0 Å². The third-order valence-electron chi connectivity index (χ3n) is 2.86. The number of hydrogen-bond acceptors (Lipinski definition) is 3. The number of rotatable bonds is 2. The molecule has 0 aromatic heterocycles. The van der Waals surface area contributed by atoms with Crippen LogP contribution < -0.4 is 5.32 Å². The maximum Gasteiger partial charge on any atom is 0.243 e. The molecular weight excluding hydrogens is 320 g/mol. The van der Waals surface area contributed by atoms with Gasteiger partial charge in [-0.2, -0.15) is 4.31 Å². The van der Waals surface area contributed by atoms with Gasteiger partial charge in [0.2, 0.25) is 15.9 Å². The minimum Gasteiger partial charge on any atom is -0.353 e. The van der Waals surface area contributed by atoms with Gasteiger partial charge in [0.05, 0.1) is 4.90 Å². The first-order valence-electron chi connectivity index (χ1n) is 5.48. The van der Waals surface area contributed by atoms with E-state index in [9.17, 15) is 13.2 Å². The Hall–Kier alpha value is -0.920. The average molecular weight is 333 g/mol. The van der Waals surface area contributed by atoms with E-state index >= 15 is 0 Å². The van der Waals surface area contributed by atoms with Crippen molar-refractivity contribution in [1.82, 2.24) is 9.62 Å². The highest BCUT2D eigenvalue weighted by Gasteiger charge is 2.35. The summed E-state index contributed by atoms with van der Waals surface area (Å²) in [7, 11) is -3.61. The lowest BCUT2D eigenvalue weighted by molar-refractivity contribution is -0.126. The van der Waals surface area contributed by atoms with Crippen LogP contribution in [-0.4, -0.2) is 37.8 Å². The van der Waals surface area contributed by atoms with E-state index in [1.54, 1.807) is 19.1 Å². The van der Waals surface area contributed by atoms with Crippen LogP contribution in [0.15, 0.2) is 33.6 Å². The molecular formula is C11H13BrN2O3S. The molecule has 1 atom stereocenters. The first-order valence-corrected chi connectivity index (χ1v) is 7.71. The van der Waals surface area contributed by atoms with E-state index in [1.165, 1.54) is 16.4 Å². The molecule has 1 aliphatic heterocycles. The number of piperazine rings is 1. The molecule has 5 nitrogen and oxygen atoms in total. The van der Waals surface area contributed by atoms with E-state index in [4.69, 9.17) is 0 Å². The number of nitrogens with zero attached hydrogens (tertiary/aromatic N) is 1. The molecule has 1 aromatic carbocycles. The number of sulfonamides is 1. The van der Waals surface area contributed by atoms with E-state index < -0.39 is 16.1 Å². The van der Waals surface area contributed by atoms with Gasteiger partial charge in [0.15, 0.2) is 0 Å². The van der Waals surface area contributed by atoms with Crippen molar-refractivity contribution in [3.63, 3.8) is 0 Å². The fourth-order valence-electron chi connectivity index (χ4n) is 1.83. The molecule has 1 aliphatic rings. The molecule has 1 aromatic rings. The summed E-state index contributed by atoms with van der Waals surface area (Å²) in [6, 6.07) is 5.72. The molecule has 0 spiro atoms. The largest absolute Gasteiger partial charge is 0.353 e. The first kappa shape index (κ1) is 13.5. The van der Waals surface area contributed by atoms with Crippen molar-refractivity contribution < 1.29 is 13.2 Å². The SMILES string of the molecule is CC1C(=O)NCCN1S(=O)(=O)c1ccc(Br)cc1. The summed E-state index contributed by atoms with van der Waals surface area (Å²) in [4.78, 5) is 11.7. The number of carbonyl (C=O) groups is 1. The molecule has 1 saturated heterocycles. The number of benzene rings is 1. The van der Waals surface area contributed by atoms with E-state index in [0.717, 1.165) is 4.47 Å². The van der Waals surface area contributed by atoms with Crippen molar-refractivity contribution in [3.8, 4) is 0 Å². The highest BCUT2D eigenvalue weighted by Crippen LogP contribution is 2.21. The lowest BCUT2D eigenvalue weighted by Gasteiger charge is -2.31. The topological polar surface area (TPSA) is 66.5 Å². The fourth-order valence-corrected chi connectivity index (χ4v) is 3.69. The quantitative estimate of drug-likeness (QED) is 0.877. The van der Waals surface area contributed by atoms with Crippen LogP contribution in [0.25, 0.3) is 0 Å². The van der Waals surface area contributed by atoms with Gasteiger partial charge >= 0.3 is 0 Å². The summed E-state index contributed by atoms with van der Waals surface area (Å²) in [5.41, 5.74) is 0. The molecule has 2 rings (SSSR count).